The quantitative estimate of drug-likeness (QED) is 0.564. The summed E-state index contributed by atoms with van der Waals surface area (Å²) in [7, 11) is 0. The zero-order valence-corrected chi connectivity index (χ0v) is 16.8. The van der Waals surface area contributed by atoms with Crippen LogP contribution in [-0.2, 0) is 18.3 Å². The molecule has 0 radical (unpaired) electrons. The number of nitrogens with one attached hydrogen (secondary N) is 3. The minimum Gasteiger partial charge on any atom is -0.368 e. The molecule has 1 fully saturated rings. The van der Waals surface area contributed by atoms with E-state index in [1.54, 1.807) is 18.2 Å². The second kappa shape index (κ2) is 7.67. The van der Waals surface area contributed by atoms with Crippen LogP contribution >= 0.6 is 0 Å². The van der Waals surface area contributed by atoms with Crippen molar-refractivity contribution in [3.63, 3.8) is 0 Å². The van der Waals surface area contributed by atoms with E-state index < -0.39 is 26.8 Å². The van der Waals surface area contributed by atoms with Gasteiger partial charge in [0.2, 0.25) is 5.91 Å². The van der Waals surface area contributed by atoms with Crippen LogP contribution in [0.1, 0.15) is 41.1 Å². The summed E-state index contributed by atoms with van der Waals surface area (Å²) in [5.41, 5.74) is 1.26. The van der Waals surface area contributed by atoms with Gasteiger partial charge in [0, 0.05) is 75.3 Å². The topological polar surface area (TPSA) is 104 Å². The molecule has 1 saturated carbocycles. The first kappa shape index (κ1) is 12.2. The van der Waals surface area contributed by atoms with Crippen LogP contribution in [-0.4, -0.2) is 40.5 Å². The zero-order valence-electron chi connectivity index (χ0n) is 25.8. The minimum absolute atomic E-state index is 0.0468. The van der Waals surface area contributed by atoms with Gasteiger partial charge in [0.05, 0.1) is 28.3 Å². The molecule has 1 aliphatic heterocycles. The molecule has 0 unspecified atom stereocenters. The molecule has 0 saturated heterocycles. The van der Waals surface area contributed by atoms with Crippen LogP contribution in [0.3, 0.4) is 0 Å². The van der Waals surface area contributed by atoms with Gasteiger partial charge in [-0.2, -0.15) is 5.10 Å². The van der Waals surface area contributed by atoms with E-state index in [1.165, 1.54) is 12.3 Å². The Kier molecular flexibility index (Phi) is 2.93. The van der Waals surface area contributed by atoms with Gasteiger partial charge in [0.1, 0.15) is 5.82 Å². The molecule has 9 nitrogen and oxygen atoms in total. The fourth-order valence-corrected chi connectivity index (χ4v) is 3.72. The lowest BCUT2D eigenvalue weighted by Crippen LogP contribution is -2.23. The second-order valence-corrected chi connectivity index (χ2v) is 7.69. The summed E-state index contributed by atoms with van der Waals surface area (Å²) < 4.78 is 70.7. The van der Waals surface area contributed by atoms with Gasteiger partial charge in [-0.3, -0.25) is 14.3 Å². The summed E-state index contributed by atoms with van der Waals surface area (Å²) in [5, 5.41) is 11.8. The molecule has 0 spiro atoms. The van der Waals surface area contributed by atoms with Crippen LogP contribution in [0.4, 0.5) is 22.9 Å². The number of hydrogen-bond donors (Lipinski definition) is 3. The average Bonchev–Trinajstić information content (AvgIpc) is 3.59. The van der Waals surface area contributed by atoms with Crippen LogP contribution in [0, 0.1) is 5.92 Å². The number of para-hydroxylation sites is 1. The number of pyridine rings is 1. The largest absolute Gasteiger partial charge is 0.368 e. The summed E-state index contributed by atoms with van der Waals surface area (Å²) in [6.45, 7) is -8.22. The average molecular weight is 441 g/mol. The number of carbonyl (C=O) groups is 2. The molecule has 2 amide bonds. The Morgan fingerprint density at radius 1 is 1.22 bits per heavy atom. The maximum Gasteiger partial charge on any atom is 0.254 e. The fourth-order valence-electron chi connectivity index (χ4n) is 3.72. The summed E-state index contributed by atoms with van der Waals surface area (Å²) in [6.07, 6.45) is 3.89. The number of carbonyl (C=O) groups excluding carboxylic acids is 2. The minimum atomic E-state index is -2.80. The maximum atomic E-state index is 12.9. The van der Waals surface area contributed by atoms with Crippen molar-refractivity contribution >= 4 is 34.7 Å². The molecule has 3 heterocycles. The predicted molar refractivity (Wildman–Crippen MR) is 123 cm³/mol. The molecule has 32 heavy (non-hydrogen) atoms. The number of anilines is 4. The molecule has 0 bridgehead atoms. The van der Waals surface area contributed by atoms with Gasteiger partial charge < -0.3 is 20.9 Å². The smallest absolute Gasteiger partial charge is 0.254 e. The third-order valence-corrected chi connectivity index (χ3v) is 5.41. The number of amides is 2. The van der Waals surface area contributed by atoms with E-state index >= 15 is 0 Å². The Bertz CT molecular complexity index is 1530. The van der Waals surface area contributed by atoms with Gasteiger partial charge >= 0.3 is 0 Å². The standard InChI is InChI=1S/C23H25N7O2/c1-24-23(32)16-10-25-19(27-22(31)13-7-8-13)9-18(16)26-17-6-4-5-15-20-14(12-30(3)28-20)11-29(2)21(15)17/h4-6,9-10,12-13H,7-8,11H2,1-3H3,(H,24,32)(H2,25,26,27,31)/i1D3,2D3,3D3. The van der Waals surface area contributed by atoms with Crippen LogP contribution < -0.4 is 20.9 Å². The van der Waals surface area contributed by atoms with Crippen LogP contribution in [0.5, 0.6) is 0 Å². The van der Waals surface area contributed by atoms with Gasteiger partial charge in [-0.15, -0.1) is 0 Å². The van der Waals surface area contributed by atoms with Gasteiger partial charge in [0.15, 0.2) is 0 Å². The SMILES string of the molecule is [2H]C([2H])([2H])NC(=O)c1cnc(NC(=O)C2CC2)cc1Nc1cccc2c1N(C([2H])([2H])[2H])Cc1cn(C([2H])([2H])[2H])nc1-2. The lowest BCUT2D eigenvalue weighted by atomic mass is 9.99. The van der Waals surface area contributed by atoms with E-state index in [0.717, 1.165) is 28.6 Å². The first-order chi connectivity index (χ1) is 19.0. The highest BCUT2D eigenvalue weighted by atomic mass is 16.2. The Balaban J connectivity index is 1.61. The van der Waals surface area contributed by atoms with Crippen LogP contribution in [0.25, 0.3) is 11.3 Å². The van der Waals surface area contributed by atoms with E-state index in [-0.39, 0.29) is 52.5 Å². The fraction of sp³-hybridized carbons (Fsp3) is 0.304. The molecular weight excluding hydrogens is 406 g/mol. The number of hydrogen-bond acceptors (Lipinski definition) is 6. The molecule has 0 atom stereocenters. The summed E-state index contributed by atoms with van der Waals surface area (Å²) >= 11 is 0. The van der Waals surface area contributed by atoms with Crippen molar-refractivity contribution in [3.8, 4) is 11.3 Å². The second-order valence-electron chi connectivity index (χ2n) is 7.69. The zero-order chi connectivity index (χ0) is 29.9. The van der Waals surface area contributed by atoms with Crippen molar-refractivity contribution < 1.29 is 21.9 Å². The number of aryl methyl sites for hydroxylation is 1. The number of aromatic nitrogens is 3. The van der Waals surface area contributed by atoms with Gasteiger partial charge in [-0.25, -0.2) is 4.98 Å². The van der Waals surface area contributed by atoms with Gasteiger partial charge in [0.25, 0.3) is 5.91 Å². The van der Waals surface area contributed by atoms with Gasteiger partial charge in [-0.05, 0) is 18.9 Å². The lowest BCUT2D eigenvalue weighted by molar-refractivity contribution is -0.117. The molecule has 5 rings (SSSR count). The van der Waals surface area contributed by atoms with Crippen molar-refractivity contribution in [3.05, 3.63) is 47.8 Å². The molecule has 2 aromatic heterocycles. The van der Waals surface area contributed by atoms with Crippen LogP contribution in [0.15, 0.2) is 36.7 Å². The van der Waals surface area contributed by atoms with E-state index in [4.69, 9.17) is 12.3 Å². The summed E-state index contributed by atoms with van der Waals surface area (Å²) in [5.74, 6) is -1.25. The van der Waals surface area contributed by atoms with Crippen molar-refractivity contribution in [2.75, 3.05) is 29.5 Å². The van der Waals surface area contributed by atoms with Crippen molar-refractivity contribution in [2.24, 2.45) is 12.9 Å². The Morgan fingerprint density at radius 3 is 2.91 bits per heavy atom. The van der Waals surface area contributed by atoms with Gasteiger partial charge in [-0.1, -0.05) is 12.1 Å². The third kappa shape index (κ3) is 3.55. The Hall–Kier alpha value is -3.88. The van der Waals surface area contributed by atoms with Crippen molar-refractivity contribution in [1.82, 2.24) is 20.1 Å². The molecule has 1 aromatic carbocycles. The number of benzene rings is 1. The first-order valence-corrected chi connectivity index (χ1v) is 9.92. The molecule has 164 valence electrons. The normalized spacial score (nSPS) is 19.8. The number of fused-ring (bicyclic) bond motifs is 3. The molecule has 9 heteroatoms. The molecule has 1 aliphatic carbocycles. The monoisotopic (exact) mass is 440 g/mol. The van der Waals surface area contributed by atoms with E-state index in [0.29, 0.717) is 11.1 Å². The molecule has 3 aromatic rings. The highest BCUT2D eigenvalue weighted by molar-refractivity contribution is 6.02. The van der Waals surface area contributed by atoms with E-state index in [1.807, 2.05) is 5.32 Å². The lowest BCUT2D eigenvalue weighted by Gasteiger charge is -2.29. The van der Waals surface area contributed by atoms with Crippen molar-refractivity contribution in [2.45, 2.75) is 19.4 Å². The predicted octanol–water partition coefficient (Wildman–Crippen LogP) is 2.88. The Morgan fingerprint density at radius 2 is 2.12 bits per heavy atom. The molecule has 2 aliphatic rings. The maximum absolute atomic E-state index is 12.9. The Labute approximate surface area is 198 Å². The summed E-state index contributed by atoms with van der Waals surface area (Å²) in [6, 6.07) is 6.11. The number of nitrogens with zero attached hydrogens (tertiary/aromatic N) is 4. The van der Waals surface area contributed by atoms with Crippen LogP contribution in [0.2, 0.25) is 0 Å². The highest BCUT2D eigenvalue weighted by Crippen LogP contribution is 2.43. The molecular formula is C23H25N7O2. The van der Waals surface area contributed by atoms with E-state index in [9.17, 15) is 9.59 Å². The van der Waals surface area contributed by atoms with E-state index in [2.05, 4.69) is 20.7 Å². The first-order valence-electron chi connectivity index (χ1n) is 14.4. The van der Waals surface area contributed by atoms with Crippen molar-refractivity contribution in [1.29, 1.82) is 0 Å². The molecule has 3 N–H and O–H groups in total. The number of rotatable bonds is 5. The third-order valence-electron chi connectivity index (χ3n) is 5.41. The highest BCUT2D eigenvalue weighted by Gasteiger charge is 2.30. The summed E-state index contributed by atoms with van der Waals surface area (Å²) in [4.78, 5) is 30.4.